The fourth-order valence-electron chi connectivity index (χ4n) is 2.35. The molecule has 5 heteroatoms. The van der Waals surface area contributed by atoms with Crippen molar-refractivity contribution in [1.29, 1.82) is 0 Å². The van der Waals surface area contributed by atoms with Gasteiger partial charge in [0, 0.05) is 24.8 Å². The fraction of sp³-hybridized carbons (Fsp3) is 0.692. The van der Waals surface area contributed by atoms with Crippen LogP contribution in [0.1, 0.15) is 31.3 Å². The largest absolute Gasteiger partial charge is 0.392 e. The number of piperidine rings is 1. The van der Waals surface area contributed by atoms with Gasteiger partial charge in [-0.2, -0.15) is 0 Å². The highest BCUT2D eigenvalue weighted by atomic mass is 16.3. The quantitative estimate of drug-likeness (QED) is 0.840. The number of rotatable bonds is 4. The normalized spacial score (nSPS) is 20.9. The number of aryl methyl sites for hydroxylation is 1. The molecule has 1 atom stereocenters. The number of likely N-dealkylation sites (tertiary alicyclic amines) is 1. The topological polar surface area (TPSA) is 61.3 Å². The van der Waals surface area contributed by atoms with Crippen molar-refractivity contribution in [2.75, 3.05) is 25.0 Å². The lowest BCUT2D eigenvalue weighted by molar-refractivity contribution is 0.0655. The Hall–Kier alpha value is -1.20. The van der Waals surface area contributed by atoms with Gasteiger partial charge in [0.25, 0.3) is 0 Å². The molecule has 0 aromatic carbocycles. The standard InChI is InChI=1S/C13H22N4O/c1-3-14-12-7-10(2)15-13(16-12)9-17-6-4-5-11(18)8-17/h7,11,18H,3-6,8-9H2,1-2H3,(H,14,15,16). The maximum absolute atomic E-state index is 9.66. The van der Waals surface area contributed by atoms with Crippen LogP contribution in [-0.4, -0.2) is 45.7 Å². The zero-order valence-corrected chi connectivity index (χ0v) is 11.2. The second kappa shape index (κ2) is 6.11. The number of nitrogens with one attached hydrogen (secondary N) is 1. The molecule has 0 radical (unpaired) electrons. The van der Waals surface area contributed by atoms with Gasteiger partial charge in [0.05, 0.1) is 12.6 Å². The van der Waals surface area contributed by atoms with Gasteiger partial charge in [0.15, 0.2) is 0 Å². The first kappa shape index (κ1) is 13.2. The van der Waals surface area contributed by atoms with Gasteiger partial charge in [0.1, 0.15) is 11.6 Å². The van der Waals surface area contributed by atoms with E-state index in [2.05, 4.69) is 27.1 Å². The number of aliphatic hydroxyl groups excluding tert-OH is 1. The Labute approximate surface area is 108 Å². The monoisotopic (exact) mass is 250 g/mol. The summed E-state index contributed by atoms with van der Waals surface area (Å²) in [7, 11) is 0. The molecule has 1 aliphatic heterocycles. The van der Waals surface area contributed by atoms with Gasteiger partial charge in [-0.3, -0.25) is 4.90 Å². The minimum atomic E-state index is -0.197. The van der Waals surface area contributed by atoms with E-state index in [-0.39, 0.29) is 6.10 Å². The lowest BCUT2D eigenvalue weighted by Gasteiger charge is -2.29. The fourth-order valence-corrected chi connectivity index (χ4v) is 2.35. The Morgan fingerprint density at radius 2 is 2.33 bits per heavy atom. The lowest BCUT2D eigenvalue weighted by Crippen LogP contribution is -2.38. The highest BCUT2D eigenvalue weighted by Crippen LogP contribution is 2.13. The van der Waals surface area contributed by atoms with Gasteiger partial charge in [-0.05, 0) is 33.2 Å². The molecule has 2 rings (SSSR count). The van der Waals surface area contributed by atoms with Crippen molar-refractivity contribution in [2.45, 2.75) is 39.3 Å². The van der Waals surface area contributed by atoms with E-state index in [1.807, 2.05) is 13.0 Å². The third kappa shape index (κ3) is 3.65. The SMILES string of the molecule is CCNc1cc(C)nc(CN2CCCC(O)C2)n1. The van der Waals surface area contributed by atoms with Crippen LogP contribution in [0.4, 0.5) is 5.82 Å². The molecule has 0 spiro atoms. The molecule has 0 amide bonds. The summed E-state index contributed by atoms with van der Waals surface area (Å²) in [5.41, 5.74) is 0.980. The van der Waals surface area contributed by atoms with Crippen LogP contribution >= 0.6 is 0 Å². The zero-order valence-electron chi connectivity index (χ0n) is 11.2. The molecule has 2 N–H and O–H groups in total. The number of nitrogens with zero attached hydrogens (tertiary/aromatic N) is 3. The third-order valence-corrected chi connectivity index (χ3v) is 3.10. The first-order valence-electron chi connectivity index (χ1n) is 6.66. The average molecular weight is 250 g/mol. The molecular weight excluding hydrogens is 228 g/mol. The number of aromatic nitrogens is 2. The number of hydrogen-bond donors (Lipinski definition) is 2. The average Bonchev–Trinajstić information content (AvgIpc) is 2.28. The second-order valence-corrected chi connectivity index (χ2v) is 4.87. The van der Waals surface area contributed by atoms with E-state index in [1.165, 1.54) is 0 Å². The Morgan fingerprint density at radius 3 is 3.06 bits per heavy atom. The predicted octanol–water partition coefficient (Wildman–Crippen LogP) is 1.17. The lowest BCUT2D eigenvalue weighted by atomic mass is 10.1. The second-order valence-electron chi connectivity index (χ2n) is 4.87. The van der Waals surface area contributed by atoms with Gasteiger partial charge >= 0.3 is 0 Å². The van der Waals surface area contributed by atoms with E-state index < -0.39 is 0 Å². The zero-order chi connectivity index (χ0) is 13.0. The summed E-state index contributed by atoms with van der Waals surface area (Å²) in [6.45, 7) is 7.36. The molecule has 1 aromatic heterocycles. The summed E-state index contributed by atoms with van der Waals surface area (Å²) < 4.78 is 0. The molecule has 0 saturated carbocycles. The number of anilines is 1. The van der Waals surface area contributed by atoms with Crippen LogP contribution in [-0.2, 0) is 6.54 Å². The van der Waals surface area contributed by atoms with Crippen molar-refractivity contribution in [2.24, 2.45) is 0 Å². The summed E-state index contributed by atoms with van der Waals surface area (Å²) in [6.07, 6.45) is 1.76. The maximum Gasteiger partial charge on any atom is 0.144 e. The molecule has 1 aliphatic rings. The van der Waals surface area contributed by atoms with Crippen molar-refractivity contribution in [3.8, 4) is 0 Å². The maximum atomic E-state index is 9.66. The van der Waals surface area contributed by atoms with E-state index in [9.17, 15) is 5.11 Å². The van der Waals surface area contributed by atoms with Gasteiger partial charge in [-0.1, -0.05) is 0 Å². The Morgan fingerprint density at radius 1 is 1.50 bits per heavy atom. The van der Waals surface area contributed by atoms with E-state index in [4.69, 9.17) is 0 Å². The first-order chi connectivity index (χ1) is 8.67. The number of aliphatic hydroxyl groups is 1. The van der Waals surface area contributed by atoms with Gasteiger partial charge in [-0.15, -0.1) is 0 Å². The molecule has 1 unspecified atom stereocenters. The summed E-state index contributed by atoms with van der Waals surface area (Å²) in [5, 5.41) is 12.9. The van der Waals surface area contributed by atoms with Gasteiger partial charge in [0.2, 0.25) is 0 Å². The van der Waals surface area contributed by atoms with Crippen molar-refractivity contribution >= 4 is 5.82 Å². The third-order valence-electron chi connectivity index (χ3n) is 3.10. The molecule has 0 aliphatic carbocycles. The van der Waals surface area contributed by atoms with Crippen molar-refractivity contribution in [1.82, 2.24) is 14.9 Å². The molecule has 5 nitrogen and oxygen atoms in total. The summed E-state index contributed by atoms with van der Waals surface area (Å²) in [6, 6.07) is 1.96. The molecule has 0 bridgehead atoms. The number of β-amino-alcohol motifs (C(OH)–C–C–N with tert-alkyl or cyclic N) is 1. The molecule has 18 heavy (non-hydrogen) atoms. The minimum absolute atomic E-state index is 0.197. The van der Waals surface area contributed by atoms with Crippen LogP contribution in [0.3, 0.4) is 0 Å². The highest BCUT2D eigenvalue weighted by Gasteiger charge is 2.18. The molecule has 1 fully saturated rings. The van der Waals surface area contributed by atoms with Crippen LogP contribution in [0, 0.1) is 6.92 Å². The van der Waals surface area contributed by atoms with Gasteiger partial charge in [-0.25, -0.2) is 9.97 Å². The molecule has 1 saturated heterocycles. The summed E-state index contributed by atoms with van der Waals surface area (Å²) >= 11 is 0. The van der Waals surface area contributed by atoms with Gasteiger partial charge < -0.3 is 10.4 Å². The predicted molar refractivity (Wildman–Crippen MR) is 71.5 cm³/mol. The smallest absolute Gasteiger partial charge is 0.144 e. The Kier molecular flexibility index (Phi) is 4.49. The Bertz CT molecular complexity index is 397. The van der Waals surface area contributed by atoms with Crippen molar-refractivity contribution in [3.05, 3.63) is 17.6 Å². The summed E-state index contributed by atoms with van der Waals surface area (Å²) in [4.78, 5) is 11.2. The van der Waals surface area contributed by atoms with Crippen LogP contribution in [0.5, 0.6) is 0 Å². The van der Waals surface area contributed by atoms with E-state index >= 15 is 0 Å². The highest BCUT2D eigenvalue weighted by molar-refractivity contribution is 5.35. The molecule has 2 heterocycles. The van der Waals surface area contributed by atoms with Crippen molar-refractivity contribution in [3.63, 3.8) is 0 Å². The van der Waals surface area contributed by atoms with E-state index in [1.54, 1.807) is 0 Å². The van der Waals surface area contributed by atoms with Crippen LogP contribution in [0.15, 0.2) is 6.07 Å². The summed E-state index contributed by atoms with van der Waals surface area (Å²) in [5.74, 6) is 1.72. The minimum Gasteiger partial charge on any atom is -0.392 e. The van der Waals surface area contributed by atoms with E-state index in [0.717, 1.165) is 56.4 Å². The van der Waals surface area contributed by atoms with Crippen LogP contribution in [0.25, 0.3) is 0 Å². The van der Waals surface area contributed by atoms with Crippen LogP contribution in [0.2, 0.25) is 0 Å². The molecule has 100 valence electrons. The first-order valence-corrected chi connectivity index (χ1v) is 6.66. The van der Waals surface area contributed by atoms with E-state index in [0.29, 0.717) is 0 Å². The molecule has 1 aromatic rings. The van der Waals surface area contributed by atoms with Crippen molar-refractivity contribution < 1.29 is 5.11 Å². The Balaban J connectivity index is 2.03. The van der Waals surface area contributed by atoms with Crippen LogP contribution < -0.4 is 5.32 Å². The molecular formula is C13H22N4O. The number of hydrogen-bond acceptors (Lipinski definition) is 5.